The Hall–Kier alpha value is -1.36. The molecule has 0 aliphatic carbocycles. The van der Waals surface area contributed by atoms with E-state index < -0.39 is 18.9 Å². The fraction of sp³-hybridized carbons (Fsp3) is 0.222. The molecule has 15 heavy (non-hydrogen) atoms. The van der Waals surface area contributed by atoms with Crippen molar-refractivity contribution in [2.75, 3.05) is 12.3 Å². The van der Waals surface area contributed by atoms with Gasteiger partial charge in [0, 0.05) is 5.56 Å². The third kappa shape index (κ3) is 3.36. The molecule has 0 saturated carbocycles. The van der Waals surface area contributed by atoms with Crippen molar-refractivity contribution < 1.29 is 13.6 Å². The van der Waals surface area contributed by atoms with Crippen molar-refractivity contribution in [1.29, 1.82) is 0 Å². The summed E-state index contributed by atoms with van der Waals surface area (Å²) >= 11 is 5.67. The number of nitrogens with one attached hydrogen (secondary N) is 1. The van der Waals surface area contributed by atoms with Crippen molar-refractivity contribution in [1.82, 2.24) is 5.32 Å². The predicted molar refractivity (Wildman–Crippen MR) is 54.2 cm³/mol. The molecule has 0 heterocycles. The zero-order chi connectivity index (χ0) is 11.4. The second-order valence-electron chi connectivity index (χ2n) is 2.84. The lowest BCUT2D eigenvalue weighted by molar-refractivity contribution is 0.0892. The fourth-order valence-electron chi connectivity index (χ4n) is 0.940. The number of nitrogen functional groups attached to an aromatic ring is 1. The molecule has 0 radical (unpaired) electrons. The van der Waals surface area contributed by atoms with Crippen molar-refractivity contribution in [2.24, 2.45) is 0 Å². The molecule has 0 unspecified atom stereocenters. The van der Waals surface area contributed by atoms with Crippen LogP contribution in [-0.4, -0.2) is 18.9 Å². The largest absolute Gasteiger partial charge is 0.398 e. The molecule has 0 fully saturated rings. The second kappa shape index (κ2) is 4.93. The molecular formula is C9H9ClF2N2O. The molecule has 3 N–H and O–H groups in total. The molecule has 1 rings (SSSR count). The Labute approximate surface area is 90.2 Å². The van der Waals surface area contributed by atoms with Gasteiger partial charge in [0.2, 0.25) is 0 Å². The highest BCUT2D eigenvalue weighted by Gasteiger charge is 2.09. The summed E-state index contributed by atoms with van der Waals surface area (Å²) in [5.74, 6) is -0.600. The number of carbonyl (C=O) groups excluding carboxylic acids is 1. The number of nitrogens with two attached hydrogens (primary N) is 1. The molecule has 0 aromatic heterocycles. The summed E-state index contributed by atoms with van der Waals surface area (Å²) in [5.41, 5.74) is 5.97. The van der Waals surface area contributed by atoms with Crippen LogP contribution in [0.2, 0.25) is 5.02 Å². The Morgan fingerprint density at radius 1 is 1.53 bits per heavy atom. The highest BCUT2D eigenvalue weighted by Crippen LogP contribution is 2.19. The predicted octanol–water partition coefficient (Wildman–Crippen LogP) is 1.92. The van der Waals surface area contributed by atoms with Crippen LogP contribution < -0.4 is 11.1 Å². The third-order valence-corrected chi connectivity index (χ3v) is 2.01. The highest BCUT2D eigenvalue weighted by molar-refractivity contribution is 6.33. The molecule has 0 spiro atoms. The summed E-state index contributed by atoms with van der Waals surface area (Å²) in [7, 11) is 0. The topological polar surface area (TPSA) is 55.1 Å². The van der Waals surface area contributed by atoms with Crippen LogP contribution in [0.3, 0.4) is 0 Å². The summed E-state index contributed by atoms with van der Waals surface area (Å²) in [4.78, 5) is 11.3. The number of amides is 1. The fourth-order valence-corrected chi connectivity index (χ4v) is 1.12. The van der Waals surface area contributed by atoms with E-state index in [9.17, 15) is 13.6 Å². The van der Waals surface area contributed by atoms with Gasteiger partial charge in [-0.3, -0.25) is 4.79 Å². The van der Waals surface area contributed by atoms with E-state index in [1.807, 2.05) is 0 Å². The van der Waals surface area contributed by atoms with Gasteiger partial charge in [-0.2, -0.15) is 0 Å². The van der Waals surface area contributed by atoms with E-state index in [4.69, 9.17) is 17.3 Å². The minimum absolute atomic E-state index is 0.204. The van der Waals surface area contributed by atoms with E-state index in [1.165, 1.54) is 18.2 Å². The maximum atomic E-state index is 11.8. The van der Waals surface area contributed by atoms with Gasteiger partial charge in [0.05, 0.1) is 17.3 Å². The van der Waals surface area contributed by atoms with Crippen molar-refractivity contribution >= 4 is 23.2 Å². The number of carbonyl (C=O) groups is 1. The van der Waals surface area contributed by atoms with E-state index in [0.29, 0.717) is 5.69 Å². The monoisotopic (exact) mass is 234 g/mol. The maximum Gasteiger partial charge on any atom is 0.255 e. The molecule has 0 saturated heterocycles. The number of halogens is 3. The number of hydrogen-bond donors (Lipinski definition) is 2. The van der Waals surface area contributed by atoms with Crippen molar-refractivity contribution in [3.05, 3.63) is 28.8 Å². The maximum absolute atomic E-state index is 11.8. The molecule has 1 amide bonds. The SMILES string of the molecule is Nc1ccc(C(=O)NCC(F)F)cc1Cl. The average molecular weight is 235 g/mol. The van der Waals surface area contributed by atoms with Crippen LogP contribution in [0, 0.1) is 0 Å². The van der Waals surface area contributed by atoms with Crippen molar-refractivity contribution in [2.45, 2.75) is 6.43 Å². The Bertz CT molecular complexity index is 371. The standard InChI is InChI=1S/C9H9ClF2N2O/c10-6-3-5(1-2-7(6)13)9(15)14-4-8(11)12/h1-3,8H,4,13H2,(H,14,15). The lowest BCUT2D eigenvalue weighted by Gasteiger charge is -2.05. The Morgan fingerprint density at radius 2 is 2.20 bits per heavy atom. The molecular weight excluding hydrogens is 226 g/mol. The van der Waals surface area contributed by atoms with E-state index in [1.54, 1.807) is 0 Å². The number of alkyl halides is 2. The quantitative estimate of drug-likeness (QED) is 0.785. The van der Waals surface area contributed by atoms with Crippen LogP contribution in [-0.2, 0) is 0 Å². The summed E-state index contributed by atoms with van der Waals surface area (Å²) in [6.45, 7) is -0.680. The Morgan fingerprint density at radius 3 is 2.73 bits per heavy atom. The molecule has 1 aromatic rings. The first-order valence-electron chi connectivity index (χ1n) is 4.12. The van der Waals surface area contributed by atoms with Crippen LogP contribution in [0.15, 0.2) is 18.2 Å². The molecule has 0 bridgehead atoms. The summed E-state index contributed by atoms with van der Waals surface area (Å²) < 4.78 is 23.6. The lowest BCUT2D eigenvalue weighted by Crippen LogP contribution is -2.28. The number of rotatable bonds is 3. The summed E-state index contributed by atoms with van der Waals surface area (Å²) in [6.07, 6.45) is -2.57. The van der Waals surface area contributed by atoms with Gasteiger partial charge in [-0.15, -0.1) is 0 Å². The number of hydrogen-bond acceptors (Lipinski definition) is 2. The molecule has 0 aliphatic rings. The van der Waals surface area contributed by atoms with Crippen molar-refractivity contribution in [3.8, 4) is 0 Å². The first-order valence-corrected chi connectivity index (χ1v) is 4.50. The van der Waals surface area contributed by atoms with Crippen LogP contribution in [0.5, 0.6) is 0 Å². The van der Waals surface area contributed by atoms with Crippen molar-refractivity contribution in [3.63, 3.8) is 0 Å². The Kier molecular flexibility index (Phi) is 3.85. The molecule has 0 atom stereocenters. The van der Waals surface area contributed by atoms with Gasteiger partial charge in [0.15, 0.2) is 0 Å². The van der Waals surface area contributed by atoms with E-state index in [-0.39, 0.29) is 10.6 Å². The third-order valence-electron chi connectivity index (χ3n) is 1.68. The molecule has 1 aromatic carbocycles. The van der Waals surface area contributed by atoms with Crippen LogP contribution in [0.25, 0.3) is 0 Å². The lowest BCUT2D eigenvalue weighted by atomic mass is 10.2. The summed E-state index contributed by atoms with van der Waals surface area (Å²) in [5, 5.41) is 2.28. The molecule has 3 nitrogen and oxygen atoms in total. The normalized spacial score (nSPS) is 10.4. The zero-order valence-electron chi connectivity index (χ0n) is 7.64. The first-order chi connectivity index (χ1) is 7.00. The number of anilines is 1. The zero-order valence-corrected chi connectivity index (χ0v) is 8.39. The van der Waals surface area contributed by atoms with Crippen LogP contribution in [0.1, 0.15) is 10.4 Å². The molecule has 82 valence electrons. The van der Waals surface area contributed by atoms with E-state index in [0.717, 1.165) is 0 Å². The van der Waals surface area contributed by atoms with Gasteiger partial charge >= 0.3 is 0 Å². The molecule has 0 aliphatic heterocycles. The minimum Gasteiger partial charge on any atom is -0.398 e. The Balaban J connectivity index is 2.70. The highest BCUT2D eigenvalue weighted by atomic mass is 35.5. The van der Waals surface area contributed by atoms with E-state index in [2.05, 4.69) is 5.32 Å². The minimum atomic E-state index is -2.57. The van der Waals surface area contributed by atoms with Crippen LogP contribution in [0.4, 0.5) is 14.5 Å². The smallest absolute Gasteiger partial charge is 0.255 e. The second-order valence-corrected chi connectivity index (χ2v) is 3.24. The van der Waals surface area contributed by atoms with Gasteiger partial charge < -0.3 is 11.1 Å². The van der Waals surface area contributed by atoms with Gasteiger partial charge in [-0.1, -0.05) is 11.6 Å². The van der Waals surface area contributed by atoms with Gasteiger partial charge in [0.25, 0.3) is 12.3 Å². The van der Waals surface area contributed by atoms with Gasteiger partial charge in [-0.25, -0.2) is 8.78 Å². The van der Waals surface area contributed by atoms with Crippen LogP contribution >= 0.6 is 11.6 Å². The summed E-state index contributed by atoms with van der Waals surface area (Å²) in [6, 6.07) is 4.19. The van der Waals surface area contributed by atoms with Gasteiger partial charge in [0.1, 0.15) is 0 Å². The molecule has 6 heteroatoms. The van der Waals surface area contributed by atoms with Gasteiger partial charge in [-0.05, 0) is 18.2 Å². The van der Waals surface area contributed by atoms with E-state index >= 15 is 0 Å². The first kappa shape index (κ1) is 11.7. The average Bonchev–Trinajstić information content (AvgIpc) is 2.18. The number of benzene rings is 1.